The lowest BCUT2D eigenvalue weighted by Crippen LogP contribution is -2.42. The third-order valence-electron chi connectivity index (χ3n) is 3.93. The van der Waals surface area contributed by atoms with Crippen molar-refractivity contribution in [2.45, 2.75) is 23.8 Å². The average molecular weight is 428 g/mol. The molecule has 1 unspecified atom stereocenters. The Hall–Kier alpha value is -1.77. The van der Waals surface area contributed by atoms with Crippen LogP contribution in [0.15, 0.2) is 57.9 Å². The first-order valence-electron chi connectivity index (χ1n) is 7.62. The van der Waals surface area contributed by atoms with Gasteiger partial charge in [0.05, 0.1) is 4.90 Å². The normalized spacial score (nSPS) is 18.2. The van der Waals surface area contributed by atoms with Crippen molar-refractivity contribution in [1.82, 2.24) is 4.31 Å². The number of benzene rings is 2. The maximum atomic E-state index is 12.9. The van der Waals surface area contributed by atoms with Gasteiger partial charge in [-0.05, 0) is 61.4 Å². The van der Waals surface area contributed by atoms with Gasteiger partial charge in [-0.3, -0.25) is 0 Å². The molecule has 132 valence electrons. The lowest BCUT2D eigenvalue weighted by atomic mass is 10.2. The molecule has 0 N–H and O–H groups in total. The van der Waals surface area contributed by atoms with Gasteiger partial charge in [0.15, 0.2) is 0 Å². The van der Waals surface area contributed by atoms with Crippen LogP contribution in [0.4, 0.5) is 4.39 Å². The molecule has 0 aromatic heterocycles. The highest BCUT2D eigenvalue weighted by atomic mass is 79.9. The quantitative estimate of drug-likeness (QED) is 0.554. The number of nitrogens with zero attached hydrogens (tertiary/aromatic N) is 1. The van der Waals surface area contributed by atoms with Crippen molar-refractivity contribution in [3.63, 3.8) is 0 Å². The molecule has 2 aromatic rings. The molecule has 0 aliphatic carbocycles. The van der Waals surface area contributed by atoms with Crippen LogP contribution in [0.5, 0.6) is 5.75 Å². The maximum absolute atomic E-state index is 12.9. The Kier molecular flexibility index (Phi) is 5.21. The predicted molar refractivity (Wildman–Crippen MR) is 93.1 cm³/mol. The molecular formula is C17H15BrFNO4S. The molecule has 1 aliphatic rings. The van der Waals surface area contributed by atoms with Crippen molar-refractivity contribution in [1.29, 1.82) is 0 Å². The Morgan fingerprint density at radius 3 is 2.40 bits per heavy atom. The molecule has 0 saturated carbocycles. The highest BCUT2D eigenvalue weighted by molar-refractivity contribution is 9.10. The fourth-order valence-electron chi connectivity index (χ4n) is 2.69. The standard InChI is InChI=1S/C17H15BrFNO4S/c18-12-3-9-15(10-4-12)25(22,23)20-11-1-2-16(20)17(21)24-14-7-5-13(19)6-8-14/h3-10,16H,1-2,11H2. The third kappa shape index (κ3) is 3.91. The van der Waals surface area contributed by atoms with Crippen LogP contribution < -0.4 is 4.74 Å². The molecule has 8 heteroatoms. The van der Waals surface area contributed by atoms with E-state index in [1.165, 1.54) is 40.7 Å². The van der Waals surface area contributed by atoms with Gasteiger partial charge in [-0.2, -0.15) is 4.31 Å². The summed E-state index contributed by atoms with van der Waals surface area (Å²) in [4.78, 5) is 12.5. The van der Waals surface area contributed by atoms with Gasteiger partial charge < -0.3 is 4.74 Å². The fraction of sp³-hybridized carbons (Fsp3) is 0.235. The molecule has 1 fully saturated rings. The lowest BCUT2D eigenvalue weighted by molar-refractivity contribution is -0.137. The average Bonchev–Trinajstić information content (AvgIpc) is 3.08. The van der Waals surface area contributed by atoms with Gasteiger partial charge in [-0.15, -0.1) is 0 Å². The summed E-state index contributed by atoms with van der Waals surface area (Å²) in [6.45, 7) is 0.252. The zero-order valence-corrected chi connectivity index (χ0v) is 15.5. The first kappa shape index (κ1) is 18.0. The predicted octanol–water partition coefficient (Wildman–Crippen LogP) is 3.35. The molecule has 3 rings (SSSR count). The number of carbonyl (C=O) groups excluding carboxylic acids is 1. The summed E-state index contributed by atoms with van der Waals surface area (Å²) in [6.07, 6.45) is 0.953. The second-order valence-corrected chi connectivity index (χ2v) is 8.41. The van der Waals surface area contributed by atoms with Crippen LogP contribution in [-0.4, -0.2) is 31.3 Å². The lowest BCUT2D eigenvalue weighted by Gasteiger charge is -2.22. The van der Waals surface area contributed by atoms with Crippen LogP contribution in [0.3, 0.4) is 0 Å². The highest BCUT2D eigenvalue weighted by Gasteiger charge is 2.40. The van der Waals surface area contributed by atoms with E-state index in [1.54, 1.807) is 12.1 Å². The van der Waals surface area contributed by atoms with E-state index in [0.29, 0.717) is 12.8 Å². The van der Waals surface area contributed by atoms with Crippen molar-refractivity contribution in [3.8, 4) is 5.75 Å². The number of halogens is 2. The Labute approximate surface area is 153 Å². The van der Waals surface area contributed by atoms with Gasteiger partial charge in [-0.1, -0.05) is 15.9 Å². The summed E-state index contributed by atoms with van der Waals surface area (Å²) in [5.74, 6) is -0.927. The molecule has 25 heavy (non-hydrogen) atoms. The van der Waals surface area contributed by atoms with Crippen LogP contribution >= 0.6 is 15.9 Å². The SMILES string of the molecule is O=C(Oc1ccc(F)cc1)C1CCCN1S(=O)(=O)c1ccc(Br)cc1. The summed E-state index contributed by atoms with van der Waals surface area (Å²) >= 11 is 3.26. The minimum atomic E-state index is -3.80. The minimum Gasteiger partial charge on any atom is -0.425 e. The summed E-state index contributed by atoms with van der Waals surface area (Å²) in [6, 6.07) is 10.4. The number of carbonyl (C=O) groups is 1. The Balaban J connectivity index is 1.80. The number of esters is 1. The summed E-state index contributed by atoms with van der Waals surface area (Å²) in [7, 11) is -3.80. The van der Waals surface area contributed by atoms with Crippen LogP contribution in [0, 0.1) is 5.82 Å². The van der Waals surface area contributed by atoms with Crippen molar-refractivity contribution in [2.24, 2.45) is 0 Å². The number of hydrogen-bond acceptors (Lipinski definition) is 4. The van der Waals surface area contributed by atoms with Gasteiger partial charge in [0.2, 0.25) is 10.0 Å². The van der Waals surface area contributed by atoms with Crippen molar-refractivity contribution in [3.05, 3.63) is 58.8 Å². The van der Waals surface area contributed by atoms with Crippen LogP contribution in [0.1, 0.15) is 12.8 Å². The molecule has 2 aromatic carbocycles. The van der Waals surface area contributed by atoms with E-state index in [1.807, 2.05) is 0 Å². The summed E-state index contributed by atoms with van der Waals surface area (Å²) < 4.78 is 45.7. The van der Waals surface area contributed by atoms with Gasteiger partial charge in [0, 0.05) is 11.0 Å². The van der Waals surface area contributed by atoms with Gasteiger partial charge in [0.25, 0.3) is 0 Å². The smallest absolute Gasteiger partial charge is 0.329 e. The number of rotatable bonds is 4. The first-order chi connectivity index (χ1) is 11.9. The Bertz CT molecular complexity index is 869. The van der Waals surface area contributed by atoms with Crippen molar-refractivity contribution >= 4 is 31.9 Å². The van der Waals surface area contributed by atoms with Crippen LogP contribution in [0.2, 0.25) is 0 Å². The van der Waals surface area contributed by atoms with Gasteiger partial charge in [-0.25, -0.2) is 17.6 Å². The second-order valence-electron chi connectivity index (χ2n) is 5.60. The zero-order valence-electron chi connectivity index (χ0n) is 13.1. The van der Waals surface area contributed by atoms with E-state index in [9.17, 15) is 17.6 Å². The van der Waals surface area contributed by atoms with Crippen LogP contribution in [0.25, 0.3) is 0 Å². The van der Waals surface area contributed by atoms with E-state index in [2.05, 4.69) is 15.9 Å². The molecule has 1 saturated heterocycles. The van der Waals surface area contributed by atoms with E-state index >= 15 is 0 Å². The van der Waals surface area contributed by atoms with E-state index in [4.69, 9.17) is 4.74 Å². The van der Waals surface area contributed by atoms with Crippen molar-refractivity contribution < 1.29 is 22.3 Å². The van der Waals surface area contributed by atoms with Crippen LogP contribution in [-0.2, 0) is 14.8 Å². The van der Waals surface area contributed by atoms with E-state index in [0.717, 1.165) is 4.47 Å². The topological polar surface area (TPSA) is 63.7 Å². The Morgan fingerprint density at radius 1 is 1.12 bits per heavy atom. The van der Waals surface area contributed by atoms with Gasteiger partial charge in [0.1, 0.15) is 17.6 Å². The molecule has 0 bridgehead atoms. The molecule has 0 amide bonds. The molecular weight excluding hydrogens is 413 g/mol. The molecule has 5 nitrogen and oxygen atoms in total. The maximum Gasteiger partial charge on any atom is 0.329 e. The third-order valence-corrected chi connectivity index (χ3v) is 6.38. The second kappa shape index (κ2) is 7.23. The number of sulfonamides is 1. The first-order valence-corrected chi connectivity index (χ1v) is 9.86. The number of ether oxygens (including phenoxy) is 1. The molecule has 0 spiro atoms. The molecule has 0 radical (unpaired) electrons. The Morgan fingerprint density at radius 2 is 1.76 bits per heavy atom. The largest absolute Gasteiger partial charge is 0.425 e. The van der Waals surface area contributed by atoms with E-state index in [-0.39, 0.29) is 17.2 Å². The summed E-state index contributed by atoms with van der Waals surface area (Å²) in [5.41, 5.74) is 0. The monoisotopic (exact) mass is 427 g/mol. The molecule has 1 heterocycles. The molecule has 1 aliphatic heterocycles. The highest BCUT2D eigenvalue weighted by Crippen LogP contribution is 2.28. The zero-order chi connectivity index (χ0) is 18.0. The fourth-order valence-corrected chi connectivity index (χ4v) is 4.60. The van der Waals surface area contributed by atoms with Crippen molar-refractivity contribution in [2.75, 3.05) is 6.54 Å². The minimum absolute atomic E-state index is 0.122. The molecule has 1 atom stereocenters. The number of hydrogen-bond donors (Lipinski definition) is 0. The van der Waals surface area contributed by atoms with E-state index < -0.39 is 27.9 Å². The summed E-state index contributed by atoms with van der Waals surface area (Å²) in [5, 5.41) is 0. The van der Waals surface area contributed by atoms with Gasteiger partial charge >= 0.3 is 5.97 Å².